The van der Waals surface area contributed by atoms with Gasteiger partial charge in [-0.25, -0.2) is 0 Å². The van der Waals surface area contributed by atoms with Crippen LogP contribution in [0.25, 0.3) is 0 Å². The van der Waals surface area contributed by atoms with Crippen molar-refractivity contribution in [3.8, 4) is 5.75 Å². The fourth-order valence-electron chi connectivity index (χ4n) is 2.04. The van der Waals surface area contributed by atoms with E-state index in [0.29, 0.717) is 17.9 Å². The lowest BCUT2D eigenvalue weighted by atomic mass is 10.0. The summed E-state index contributed by atoms with van der Waals surface area (Å²) in [5, 5.41) is 0. The molecule has 124 valence electrons. The van der Waals surface area contributed by atoms with Gasteiger partial charge in [-0.1, -0.05) is 26.0 Å². The van der Waals surface area contributed by atoms with Gasteiger partial charge in [-0.05, 0) is 30.0 Å². The highest BCUT2D eigenvalue weighted by atomic mass is 19.4. The van der Waals surface area contributed by atoms with Crippen LogP contribution in [0.3, 0.4) is 0 Å². The van der Waals surface area contributed by atoms with Crippen LogP contribution in [0.2, 0.25) is 0 Å². The number of amides is 1. The number of alkyl halides is 3. The third kappa shape index (κ3) is 6.34. The summed E-state index contributed by atoms with van der Waals surface area (Å²) in [6.07, 6.45) is -4.13. The Labute approximate surface area is 128 Å². The van der Waals surface area contributed by atoms with E-state index in [9.17, 15) is 18.0 Å². The Hall–Kier alpha value is -1.76. The van der Waals surface area contributed by atoms with Gasteiger partial charge < -0.3 is 15.4 Å². The van der Waals surface area contributed by atoms with Gasteiger partial charge >= 0.3 is 6.36 Å². The Morgan fingerprint density at radius 1 is 1.27 bits per heavy atom. The predicted molar refractivity (Wildman–Crippen MR) is 77.0 cm³/mol. The maximum absolute atomic E-state index is 12.1. The molecule has 0 bridgehead atoms. The average molecular weight is 318 g/mol. The van der Waals surface area contributed by atoms with E-state index in [-0.39, 0.29) is 18.2 Å². The van der Waals surface area contributed by atoms with Crippen molar-refractivity contribution in [2.45, 2.75) is 39.2 Å². The maximum Gasteiger partial charge on any atom is 0.573 e. The first-order valence-corrected chi connectivity index (χ1v) is 6.93. The van der Waals surface area contributed by atoms with Crippen molar-refractivity contribution in [2.75, 3.05) is 7.05 Å². The molecule has 4 nitrogen and oxygen atoms in total. The molecule has 0 heterocycles. The number of nitrogens with zero attached hydrogens (tertiary/aromatic N) is 1. The van der Waals surface area contributed by atoms with Crippen molar-refractivity contribution < 1.29 is 22.7 Å². The number of rotatable bonds is 6. The molecule has 7 heteroatoms. The second-order valence-electron chi connectivity index (χ2n) is 5.62. The minimum Gasteiger partial charge on any atom is -0.406 e. The average Bonchev–Trinajstić information content (AvgIpc) is 2.37. The number of hydrogen-bond donors (Lipinski definition) is 1. The summed E-state index contributed by atoms with van der Waals surface area (Å²) in [4.78, 5) is 13.5. The van der Waals surface area contributed by atoms with Crippen LogP contribution in [0, 0.1) is 5.92 Å². The van der Waals surface area contributed by atoms with E-state index >= 15 is 0 Å². The zero-order chi connectivity index (χ0) is 16.9. The Balaban J connectivity index is 2.61. The number of nitrogens with two attached hydrogens (primary N) is 1. The molecule has 2 N–H and O–H groups in total. The third-order valence-corrected chi connectivity index (χ3v) is 3.00. The van der Waals surface area contributed by atoms with E-state index in [1.54, 1.807) is 7.05 Å². The summed E-state index contributed by atoms with van der Waals surface area (Å²) in [5.41, 5.74) is 6.53. The van der Waals surface area contributed by atoms with Crippen LogP contribution in [0.4, 0.5) is 13.2 Å². The highest BCUT2D eigenvalue weighted by Crippen LogP contribution is 2.23. The summed E-state index contributed by atoms with van der Waals surface area (Å²) >= 11 is 0. The number of ether oxygens (including phenoxy) is 1. The Morgan fingerprint density at radius 3 is 2.27 bits per heavy atom. The summed E-state index contributed by atoms with van der Waals surface area (Å²) in [7, 11) is 1.61. The van der Waals surface area contributed by atoms with E-state index in [2.05, 4.69) is 4.74 Å². The summed E-state index contributed by atoms with van der Waals surface area (Å²) < 4.78 is 40.0. The normalized spacial score (nSPS) is 13.1. The lowest BCUT2D eigenvalue weighted by Crippen LogP contribution is -2.42. The largest absolute Gasteiger partial charge is 0.573 e. The lowest BCUT2D eigenvalue weighted by Gasteiger charge is -2.22. The van der Waals surface area contributed by atoms with Crippen LogP contribution in [0.15, 0.2) is 24.3 Å². The second-order valence-corrected chi connectivity index (χ2v) is 5.62. The topological polar surface area (TPSA) is 55.6 Å². The van der Waals surface area contributed by atoms with Crippen molar-refractivity contribution in [2.24, 2.45) is 11.7 Å². The monoisotopic (exact) mass is 318 g/mol. The summed E-state index contributed by atoms with van der Waals surface area (Å²) in [6.45, 7) is 4.23. The molecule has 0 aliphatic heterocycles. The summed E-state index contributed by atoms with van der Waals surface area (Å²) in [6, 6.07) is 4.83. The van der Waals surface area contributed by atoms with Gasteiger partial charge in [-0.15, -0.1) is 13.2 Å². The number of benzene rings is 1. The fraction of sp³-hybridized carbons (Fsp3) is 0.533. The third-order valence-electron chi connectivity index (χ3n) is 3.00. The van der Waals surface area contributed by atoms with E-state index in [1.807, 2.05) is 13.8 Å². The predicted octanol–water partition coefficient (Wildman–Crippen LogP) is 2.92. The van der Waals surface area contributed by atoms with E-state index in [1.165, 1.54) is 29.2 Å². The maximum atomic E-state index is 12.1. The Bertz CT molecular complexity index is 487. The first-order chi connectivity index (χ1) is 10.1. The number of hydrogen-bond acceptors (Lipinski definition) is 3. The molecule has 1 aromatic rings. The number of halogens is 3. The smallest absolute Gasteiger partial charge is 0.406 e. The van der Waals surface area contributed by atoms with E-state index < -0.39 is 12.4 Å². The van der Waals surface area contributed by atoms with Crippen LogP contribution in [0.1, 0.15) is 25.8 Å². The van der Waals surface area contributed by atoms with Gasteiger partial charge in [0.05, 0.1) is 6.04 Å². The molecule has 1 rings (SSSR count). The number of likely N-dealkylation sites (N-methyl/N-ethyl adjacent to an activating group) is 1. The Morgan fingerprint density at radius 2 is 1.82 bits per heavy atom. The molecule has 0 radical (unpaired) electrons. The molecule has 0 spiro atoms. The van der Waals surface area contributed by atoms with Gasteiger partial charge in [-0.3, -0.25) is 4.79 Å². The molecule has 0 unspecified atom stereocenters. The van der Waals surface area contributed by atoms with Crippen molar-refractivity contribution in [1.82, 2.24) is 4.90 Å². The van der Waals surface area contributed by atoms with Gasteiger partial charge in [0, 0.05) is 13.6 Å². The van der Waals surface area contributed by atoms with Crippen molar-refractivity contribution in [3.63, 3.8) is 0 Å². The molecule has 0 saturated heterocycles. The van der Waals surface area contributed by atoms with E-state index in [0.717, 1.165) is 0 Å². The van der Waals surface area contributed by atoms with Gasteiger partial charge in [-0.2, -0.15) is 0 Å². The van der Waals surface area contributed by atoms with Gasteiger partial charge in [0.25, 0.3) is 0 Å². The molecule has 0 aromatic heterocycles. The molecule has 0 fully saturated rings. The standard InChI is InChI=1S/C15H21F3N2O2/c1-10(2)8-13(19)14(21)20(3)9-11-4-6-12(7-5-11)22-15(16,17)18/h4-7,10,13H,8-9,19H2,1-3H3/t13-/m0/s1. The number of carbonyl (C=O) groups excluding carboxylic acids is 1. The van der Waals surface area contributed by atoms with Crippen LogP contribution in [-0.4, -0.2) is 30.3 Å². The van der Waals surface area contributed by atoms with E-state index in [4.69, 9.17) is 5.73 Å². The fourth-order valence-corrected chi connectivity index (χ4v) is 2.04. The Kier molecular flexibility index (Phi) is 6.22. The highest BCUT2D eigenvalue weighted by molar-refractivity contribution is 5.81. The van der Waals surface area contributed by atoms with Crippen molar-refractivity contribution in [1.29, 1.82) is 0 Å². The zero-order valence-electron chi connectivity index (χ0n) is 12.9. The molecule has 0 aliphatic carbocycles. The quantitative estimate of drug-likeness (QED) is 0.877. The molecule has 1 atom stereocenters. The minimum atomic E-state index is -4.71. The van der Waals surface area contributed by atoms with Crippen LogP contribution < -0.4 is 10.5 Å². The first kappa shape index (κ1) is 18.3. The second kappa shape index (κ2) is 7.49. The van der Waals surface area contributed by atoms with Gasteiger partial charge in [0.2, 0.25) is 5.91 Å². The first-order valence-electron chi connectivity index (χ1n) is 6.93. The van der Waals surface area contributed by atoms with Gasteiger partial charge in [0.1, 0.15) is 5.75 Å². The zero-order valence-corrected chi connectivity index (χ0v) is 12.9. The van der Waals surface area contributed by atoms with Crippen LogP contribution in [-0.2, 0) is 11.3 Å². The highest BCUT2D eigenvalue weighted by Gasteiger charge is 2.31. The van der Waals surface area contributed by atoms with Crippen molar-refractivity contribution >= 4 is 5.91 Å². The summed E-state index contributed by atoms with van der Waals surface area (Å²) in [5.74, 6) is -0.169. The minimum absolute atomic E-state index is 0.190. The molecule has 1 aromatic carbocycles. The van der Waals surface area contributed by atoms with Gasteiger partial charge in [0.15, 0.2) is 0 Å². The lowest BCUT2D eigenvalue weighted by molar-refractivity contribution is -0.274. The van der Waals surface area contributed by atoms with Crippen LogP contribution >= 0.6 is 0 Å². The number of carbonyl (C=O) groups is 1. The SMILES string of the molecule is CC(C)C[C@H](N)C(=O)N(C)Cc1ccc(OC(F)(F)F)cc1. The molecular weight excluding hydrogens is 297 g/mol. The molecular formula is C15H21F3N2O2. The molecule has 0 saturated carbocycles. The molecule has 0 aliphatic rings. The van der Waals surface area contributed by atoms with Crippen LogP contribution in [0.5, 0.6) is 5.75 Å². The molecule has 1 amide bonds. The van der Waals surface area contributed by atoms with Crippen molar-refractivity contribution in [3.05, 3.63) is 29.8 Å². The molecule has 22 heavy (non-hydrogen) atoms.